The molecule has 1 atom stereocenters. The predicted octanol–water partition coefficient (Wildman–Crippen LogP) is 1.65. The average molecular weight is 250 g/mol. The van der Waals surface area contributed by atoms with E-state index in [1.54, 1.807) is 38.1 Å². The molecule has 0 spiro atoms. The fourth-order valence-electron chi connectivity index (χ4n) is 1.17. The maximum atomic E-state index is 11.6. The van der Waals surface area contributed by atoms with Gasteiger partial charge in [0.15, 0.2) is 0 Å². The van der Waals surface area contributed by atoms with Gasteiger partial charge in [-0.05, 0) is 12.1 Å². The van der Waals surface area contributed by atoms with E-state index in [0.29, 0.717) is 11.3 Å². The van der Waals surface area contributed by atoms with Crippen LogP contribution in [0.3, 0.4) is 0 Å². The third-order valence-electron chi connectivity index (χ3n) is 2.12. The molecule has 17 heavy (non-hydrogen) atoms. The van der Waals surface area contributed by atoms with Crippen molar-refractivity contribution in [3.05, 3.63) is 29.8 Å². The summed E-state index contributed by atoms with van der Waals surface area (Å²) in [6, 6.07) is 8.71. The van der Waals surface area contributed by atoms with Crippen LogP contribution in [-0.4, -0.2) is 21.1 Å². The quantitative estimate of drug-likeness (QED) is 0.883. The summed E-state index contributed by atoms with van der Waals surface area (Å²) in [5.41, 5.74) is 0.858. The second kappa shape index (κ2) is 6.16. The minimum atomic E-state index is -1.18. The van der Waals surface area contributed by atoms with E-state index in [2.05, 4.69) is 5.32 Å². The molecule has 1 N–H and O–H groups in total. The van der Waals surface area contributed by atoms with Crippen molar-refractivity contribution in [2.24, 2.45) is 0 Å². The van der Waals surface area contributed by atoms with Gasteiger partial charge in [-0.1, -0.05) is 26.0 Å². The molecule has 1 amide bonds. The second-order valence-corrected chi connectivity index (χ2v) is 5.77. The third-order valence-corrected chi connectivity index (χ3v) is 3.72. The molecule has 5 heteroatoms. The minimum Gasteiger partial charge on any atom is -0.324 e. The Morgan fingerprint density at radius 2 is 2.12 bits per heavy atom. The van der Waals surface area contributed by atoms with Gasteiger partial charge < -0.3 is 5.32 Å². The van der Waals surface area contributed by atoms with Gasteiger partial charge >= 0.3 is 0 Å². The predicted molar refractivity (Wildman–Crippen MR) is 67.9 cm³/mol. The molecule has 1 unspecified atom stereocenters. The number of para-hydroxylation sites is 1. The van der Waals surface area contributed by atoms with Crippen LogP contribution in [0.2, 0.25) is 0 Å². The van der Waals surface area contributed by atoms with E-state index in [0.717, 1.165) is 0 Å². The highest BCUT2D eigenvalue weighted by molar-refractivity contribution is 7.86. The van der Waals surface area contributed by atoms with Gasteiger partial charge in [0, 0.05) is 16.0 Å². The Balaban J connectivity index is 2.69. The Labute approximate surface area is 103 Å². The van der Waals surface area contributed by atoms with Crippen LogP contribution in [0, 0.1) is 11.3 Å². The highest BCUT2D eigenvalue weighted by Crippen LogP contribution is 2.13. The van der Waals surface area contributed by atoms with Crippen LogP contribution < -0.4 is 5.32 Å². The third kappa shape index (κ3) is 4.00. The van der Waals surface area contributed by atoms with Gasteiger partial charge in [0.2, 0.25) is 5.91 Å². The molecular formula is C12H14N2O2S. The van der Waals surface area contributed by atoms with Crippen LogP contribution in [0.15, 0.2) is 24.3 Å². The van der Waals surface area contributed by atoms with Gasteiger partial charge in [0.25, 0.3) is 0 Å². The number of carbonyl (C=O) groups excluding carboxylic acids is 1. The maximum Gasteiger partial charge on any atom is 0.237 e. The summed E-state index contributed by atoms with van der Waals surface area (Å²) in [5, 5.41) is 11.4. The Morgan fingerprint density at radius 3 is 2.71 bits per heavy atom. The summed E-state index contributed by atoms with van der Waals surface area (Å²) in [7, 11) is -1.18. The van der Waals surface area contributed by atoms with Crippen LogP contribution in [-0.2, 0) is 15.6 Å². The van der Waals surface area contributed by atoms with Crippen LogP contribution in [0.1, 0.15) is 19.4 Å². The molecule has 0 heterocycles. The Morgan fingerprint density at radius 1 is 1.47 bits per heavy atom. The number of carbonyl (C=O) groups is 1. The summed E-state index contributed by atoms with van der Waals surface area (Å²) >= 11 is 0. The van der Waals surface area contributed by atoms with Crippen molar-refractivity contribution in [2.45, 2.75) is 19.1 Å². The second-order valence-electron chi connectivity index (χ2n) is 3.78. The molecule has 0 saturated heterocycles. The molecule has 0 aliphatic rings. The van der Waals surface area contributed by atoms with Crippen molar-refractivity contribution in [1.82, 2.24) is 0 Å². The summed E-state index contributed by atoms with van der Waals surface area (Å²) in [6.45, 7) is 3.60. The first-order valence-electron chi connectivity index (χ1n) is 5.20. The number of hydrogen-bond acceptors (Lipinski definition) is 3. The number of nitrogens with zero attached hydrogens (tertiary/aromatic N) is 1. The van der Waals surface area contributed by atoms with Crippen molar-refractivity contribution >= 4 is 22.4 Å². The van der Waals surface area contributed by atoms with Crippen molar-refractivity contribution in [3.63, 3.8) is 0 Å². The maximum absolute atomic E-state index is 11.6. The molecule has 0 radical (unpaired) electrons. The van der Waals surface area contributed by atoms with E-state index in [1.807, 2.05) is 6.07 Å². The lowest BCUT2D eigenvalue weighted by Gasteiger charge is -2.08. The largest absolute Gasteiger partial charge is 0.324 e. The molecule has 4 nitrogen and oxygen atoms in total. The summed E-state index contributed by atoms with van der Waals surface area (Å²) < 4.78 is 11.5. The lowest BCUT2D eigenvalue weighted by molar-refractivity contribution is -0.113. The number of anilines is 1. The van der Waals surface area contributed by atoms with Crippen molar-refractivity contribution in [2.75, 3.05) is 11.1 Å². The first-order chi connectivity index (χ1) is 8.04. The van der Waals surface area contributed by atoms with E-state index in [1.165, 1.54) is 0 Å². The van der Waals surface area contributed by atoms with E-state index in [9.17, 15) is 9.00 Å². The number of benzene rings is 1. The first-order valence-corrected chi connectivity index (χ1v) is 6.59. The SMILES string of the molecule is CC(C)S(=O)CC(=O)Nc1ccccc1C#N. The zero-order chi connectivity index (χ0) is 12.8. The number of hydrogen-bond donors (Lipinski definition) is 1. The van der Waals surface area contributed by atoms with Gasteiger partial charge in [0.05, 0.1) is 11.3 Å². The summed E-state index contributed by atoms with van der Waals surface area (Å²) in [5.74, 6) is -0.378. The van der Waals surface area contributed by atoms with E-state index in [4.69, 9.17) is 5.26 Å². The monoisotopic (exact) mass is 250 g/mol. The topological polar surface area (TPSA) is 70.0 Å². The number of nitriles is 1. The Kier molecular flexibility index (Phi) is 4.85. The number of rotatable bonds is 4. The highest BCUT2D eigenvalue weighted by Gasteiger charge is 2.12. The molecule has 0 aromatic heterocycles. The van der Waals surface area contributed by atoms with Crippen LogP contribution >= 0.6 is 0 Å². The van der Waals surface area contributed by atoms with Crippen LogP contribution in [0.5, 0.6) is 0 Å². The zero-order valence-electron chi connectivity index (χ0n) is 9.77. The van der Waals surface area contributed by atoms with Crippen molar-refractivity contribution < 1.29 is 9.00 Å². The normalized spacial score (nSPS) is 11.9. The van der Waals surface area contributed by atoms with Gasteiger partial charge in [-0.2, -0.15) is 5.26 Å². The first kappa shape index (κ1) is 13.4. The lowest BCUT2D eigenvalue weighted by atomic mass is 10.2. The van der Waals surface area contributed by atoms with E-state index >= 15 is 0 Å². The van der Waals surface area contributed by atoms with Crippen LogP contribution in [0.25, 0.3) is 0 Å². The standard InChI is InChI=1S/C12H14N2O2S/c1-9(2)17(16)8-12(15)14-11-6-4-3-5-10(11)7-13/h3-6,9H,8H2,1-2H3,(H,14,15). The molecule has 0 bridgehead atoms. The molecule has 0 aliphatic heterocycles. The van der Waals surface area contributed by atoms with Crippen molar-refractivity contribution in [1.29, 1.82) is 5.26 Å². The summed E-state index contributed by atoms with van der Waals surface area (Å²) in [4.78, 5) is 11.6. The van der Waals surface area contributed by atoms with Crippen LogP contribution in [0.4, 0.5) is 5.69 Å². The molecule has 0 saturated carbocycles. The lowest BCUT2D eigenvalue weighted by Crippen LogP contribution is -2.23. The van der Waals surface area contributed by atoms with E-state index < -0.39 is 10.8 Å². The number of nitrogens with one attached hydrogen (secondary N) is 1. The fraction of sp³-hybridized carbons (Fsp3) is 0.333. The minimum absolute atomic E-state index is 0.0442. The molecule has 1 rings (SSSR count). The zero-order valence-corrected chi connectivity index (χ0v) is 10.6. The van der Waals surface area contributed by atoms with Gasteiger partial charge in [-0.25, -0.2) is 0 Å². The average Bonchev–Trinajstić information content (AvgIpc) is 2.29. The molecule has 1 aromatic carbocycles. The summed E-state index contributed by atoms with van der Waals surface area (Å²) in [6.07, 6.45) is 0. The van der Waals surface area contributed by atoms with Gasteiger partial charge in [-0.3, -0.25) is 9.00 Å². The molecule has 90 valence electrons. The van der Waals surface area contributed by atoms with Crippen molar-refractivity contribution in [3.8, 4) is 6.07 Å². The Bertz CT molecular complexity index is 478. The molecule has 0 fully saturated rings. The fourth-order valence-corrected chi connectivity index (χ4v) is 1.84. The van der Waals surface area contributed by atoms with Gasteiger partial charge in [-0.15, -0.1) is 0 Å². The Hall–Kier alpha value is -1.67. The number of amides is 1. The highest BCUT2D eigenvalue weighted by atomic mass is 32.2. The van der Waals surface area contributed by atoms with E-state index in [-0.39, 0.29) is 16.9 Å². The van der Waals surface area contributed by atoms with Gasteiger partial charge in [0.1, 0.15) is 11.8 Å². The molecule has 1 aromatic rings. The molecular weight excluding hydrogens is 236 g/mol. The smallest absolute Gasteiger partial charge is 0.237 e. The molecule has 0 aliphatic carbocycles.